The lowest BCUT2D eigenvalue weighted by molar-refractivity contribution is 0.0595. The predicted molar refractivity (Wildman–Crippen MR) is 66.3 cm³/mol. The number of esters is 1. The summed E-state index contributed by atoms with van der Waals surface area (Å²) in [5.41, 5.74) is 0.618. The number of aromatic nitrogens is 1. The van der Waals surface area contributed by atoms with Crippen molar-refractivity contribution >= 4 is 5.97 Å². The Morgan fingerprint density at radius 3 is 2.79 bits per heavy atom. The van der Waals surface area contributed by atoms with Gasteiger partial charge in [0.25, 0.3) is 0 Å². The number of hydrogen-bond donors (Lipinski definition) is 0. The Morgan fingerprint density at radius 1 is 1.32 bits per heavy atom. The highest BCUT2D eigenvalue weighted by molar-refractivity contribution is 5.89. The van der Waals surface area contributed by atoms with E-state index in [0.717, 1.165) is 11.8 Å². The van der Waals surface area contributed by atoms with E-state index in [4.69, 9.17) is 4.74 Å². The first-order valence-corrected chi connectivity index (χ1v) is 5.61. The summed E-state index contributed by atoms with van der Waals surface area (Å²) in [5.74, 6) is -1.06. The van der Waals surface area contributed by atoms with E-state index in [-0.39, 0.29) is 12.2 Å². The zero-order valence-corrected chi connectivity index (χ0v) is 10.3. The molecule has 0 aliphatic rings. The first-order chi connectivity index (χ1) is 9.20. The van der Waals surface area contributed by atoms with Gasteiger partial charge in [-0.2, -0.15) is 0 Å². The smallest absolute Gasteiger partial charge is 0.340 e. The lowest BCUT2D eigenvalue weighted by atomic mass is 10.2. The van der Waals surface area contributed by atoms with E-state index in [2.05, 4.69) is 9.72 Å². The quantitative estimate of drug-likeness (QED) is 0.794. The van der Waals surface area contributed by atoms with Crippen LogP contribution in [0.3, 0.4) is 0 Å². The van der Waals surface area contributed by atoms with Crippen molar-refractivity contribution in [2.45, 2.75) is 6.61 Å². The molecule has 0 aliphatic heterocycles. The number of methoxy groups -OCH3 is 1. The van der Waals surface area contributed by atoms with Gasteiger partial charge in [0.15, 0.2) is 0 Å². The molecule has 1 aromatic heterocycles. The van der Waals surface area contributed by atoms with Crippen LogP contribution in [0.1, 0.15) is 16.1 Å². The van der Waals surface area contributed by atoms with E-state index in [1.807, 2.05) is 6.07 Å². The van der Waals surface area contributed by atoms with Gasteiger partial charge < -0.3 is 9.47 Å². The van der Waals surface area contributed by atoms with Gasteiger partial charge in [-0.3, -0.25) is 4.98 Å². The monoisotopic (exact) mass is 261 g/mol. The Morgan fingerprint density at radius 2 is 2.16 bits per heavy atom. The van der Waals surface area contributed by atoms with E-state index in [0.29, 0.717) is 5.75 Å². The molecule has 0 saturated heterocycles. The molecule has 1 aromatic carbocycles. The second-order valence-electron chi connectivity index (χ2n) is 3.74. The maximum atomic E-state index is 13.6. The number of halogens is 1. The van der Waals surface area contributed by atoms with Crippen LogP contribution in [0.4, 0.5) is 4.39 Å². The van der Waals surface area contributed by atoms with Crippen molar-refractivity contribution in [2.24, 2.45) is 0 Å². The lowest BCUT2D eigenvalue weighted by Gasteiger charge is -2.07. The number of carbonyl (C=O) groups is 1. The number of rotatable bonds is 4. The van der Waals surface area contributed by atoms with Crippen molar-refractivity contribution in [1.29, 1.82) is 0 Å². The molecule has 2 rings (SSSR count). The first-order valence-electron chi connectivity index (χ1n) is 5.61. The van der Waals surface area contributed by atoms with Crippen LogP contribution in [0.5, 0.6) is 5.75 Å². The first kappa shape index (κ1) is 13.0. The molecule has 19 heavy (non-hydrogen) atoms. The van der Waals surface area contributed by atoms with Crippen LogP contribution in [0, 0.1) is 5.82 Å². The topological polar surface area (TPSA) is 48.4 Å². The molecule has 0 atom stereocenters. The van der Waals surface area contributed by atoms with Crippen molar-refractivity contribution < 1.29 is 18.7 Å². The maximum Gasteiger partial charge on any atom is 0.340 e. The molecule has 0 fully saturated rings. The average Bonchev–Trinajstić information content (AvgIpc) is 2.45. The molecule has 0 radical (unpaired) electrons. The van der Waals surface area contributed by atoms with Gasteiger partial charge in [-0.05, 0) is 24.3 Å². The van der Waals surface area contributed by atoms with Gasteiger partial charge >= 0.3 is 5.97 Å². The molecule has 4 nitrogen and oxygen atoms in total. The molecule has 0 aliphatic carbocycles. The third-order valence-corrected chi connectivity index (χ3v) is 2.46. The second-order valence-corrected chi connectivity index (χ2v) is 3.74. The molecule has 0 unspecified atom stereocenters. The van der Waals surface area contributed by atoms with Gasteiger partial charge in [0.2, 0.25) is 0 Å². The van der Waals surface area contributed by atoms with Gasteiger partial charge in [0.1, 0.15) is 18.2 Å². The molecule has 98 valence electrons. The minimum absolute atomic E-state index is 0.118. The van der Waals surface area contributed by atoms with E-state index in [1.54, 1.807) is 18.3 Å². The SMILES string of the molecule is COC(=O)c1ccc(OCc2ccccn2)cc1F. The largest absolute Gasteiger partial charge is 0.487 e. The maximum absolute atomic E-state index is 13.6. The molecule has 0 spiro atoms. The van der Waals surface area contributed by atoms with E-state index >= 15 is 0 Å². The molecular formula is C14H12FNO3. The Labute approximate surface area is 109 Å². The standard InChI is InChI=1S/C14H12FNO3/c1-18-14(17)12-6-5-11(8-13(12)15)19-9-10-4-2-3-7-16-10/h2-8H,9H2,1H3. The van der Waals surface area contributed by atoms with Crippen LogP contribution in [-0.4, -0.2) is 18.1 Å². The minimum Gasteiger partial charge on any atom is -0.487 e. The number of carbonyl (C=O) groups excluding carboxylic acids is 1. The Balaban J connectivity index is 2.06. The lowest BCUT2D eigenvalue weighted by Crippen LogP contribution is -2.05. The highest BCUT2D eigenvalue weighted by Crippen LogP contribution is 2.18. The average molecular weight is 261 g/mol. The summed E-state index contributed by atoms with van der Waals surface area (Å²) in [5, 5.41) is 0. The molecular weight excluding hydrogens is 249 g/mol. The van der Waals surface area contributed by atoms with Gasteiger partial charge in [-0.25, -0.2) is 9.18 Å². The molecule has 0 saturated carbocycles. The van der Waals surface area contributed by atoms with Crippen LogP contribution in [0.25, 0.3) is 0 Å². The highest BCUT2D eigenvalue weighted by atomic mass is 19.1. The normalized spacial score (nSPS) is 10.0. The highest BCUT2D eigenvalue weighted by Gasteiger charge is 2.12. The Bertz CT molecular complexity index is 572. The van der Waals surface area contributed by atoms with Gasteiger partial charge in [-0.15, -0.1) is 0 Å². The summed E-state index contributed by atoms with van der Waals surface area (Å²) >= 11 is 0. The number of hydrogen-bond acceptors (Lipinski definition) is 4. The van der Waals surface area contributed by atoms with Crippen molar-refractivity contribution in [3.8, 4) is 5.75 Å². The van der Waals surface area contributed by atoms with Crippen LogP contribution in [0.2, 0.25) is 0 Å². The number of pyridine rings is 1. The Hall–Kier alpha value is -2.43. The summed E-state index contributed by atoms with van der Waals surface area (Å²) in [7, 11) is 1.20. The third kappa shape index (κ3) is 3.28. The van der Waals surface area contributed by atoms with E-state index < -0.39 is 11.8 Å². The van der Waals surface area contributed by atoms with Gasteiger partial charge in [0.05, 0.1) is 18.4 Å². The summed E-state index contributed by atoms with van der Waals surface area (Å²) in [6, 6.07) is 9.43. The molecule has 0 N–H and O–H groups in total. The molecule has 1 heterocycles. The van der Waals surface area contributed by atoms with E-state index in [9.17, 15) is 9.18 Å². The van der Waals surface area contributed by atoms with Gasteiger partial charge in [0, 0.05) is 12.3 Å². The fraction of sp³-hybridized carbons (Fsp3) is 0.143. The molecule has 0 bridgehead atoms. The van der Waals surface area contributed by atoms with Crippen LogP contribution in [-0.2, 0) is 11.3 Å². The fourth-order valence-corrected chi connectivity index (χ4v) is 1.50. The second kappa shape index (κ2) is 5.95. The van der Waals surface area contributed by atoms with Crippen molar-refractivity contribution in [2.75, 3.05) is 7.11 Å². The summed E-state index contributed by atoms with van der Waals surface area (Å²) in [6.45, 7) is 0.234. The zero-order chi connectivity index (χ0) is 13.7. The minimum atomic E-state index is -0.714. The zero-order valence-electron chi connectivity index (χ0n) is 10.3. The van der Waals surface area contributed by atoms with E-state index in [1.165, 1.54) is 19.2 Å². The number of nitrogens with zero attached hydrogens (tertiary/aromatic N) is 1. The predicted octanol–water partition coefficient (Wildman–Crippen LogP) is 2.59. The van der Waals surface area contributed by atoms with Crippen molar-refractivity contribution in [1.82, 2.24) is 4.98 Å². The summed E-state index contributed by atoms with van der Waals surface area (Å²) in [4.78, 5) is 15.3. The van der Waals surface area contributed by atoms with Crippen molar-refractivity contribution in [3.05, 3.63) is 59.7 Å². The fourth-order valence-electron chi connectivity index (χ4n) is 1.50. The molecule has 2 aromatic rings. The summed E-state index contributed by atoms with van der Waals surface area (Å²) < 4.78 is 23.5. The van der Waals surface area contributed by atoms with Crippen LogP contribution < -0.4 is 4.74 Å². The van der Waals surface area contributed by atoms with Crippen LogP contribution in [0.15, 0.2) is 42.6 Å². The summed E-state index contributed by atoms with van der Waals surface area (Å²) in [6.07, 6.45) is 1.65. The van der Waals surface area contributed by atoms with Gasteiger partial charge in [-0.1, -0.05) is 6.07 Å². The molecule has 5 heteroatoms. The van der Waals surface area contributed by atoms with Crippen LogP contribution >= 0.6 is 0 Å². The third-order valence-electron chi connectivity index (χ3n) is 2.46. The number of ether oxygens (including phenoxy) is 2. The number of benzene rings is 1. The van der Waals surface area contributed by atoms with Crippen molar-refractivity contribution in [3.63, 3.8) is 0 Å². The Kier molecular flexibility index (Phi) is 4.07. The molecule has 0 amide bonds.